The molecule has 0 bridgehead atoms. The van der Waals surface area contributed by atoms with Gasteiger partial charge in [-0.2, -0.15) is 0 Å². The quantitative estimate of drug-likeness (QED) is 0.779. The molecule has 0 amide bonds. The van der Waals surface area contributed by atoms with Gasteiger partial charge in [0.2, 0.25) is 0 Å². The molecule has 0 aliphatic heterocycles. The third-order valence-electron chi connectivity index (χ3n) is 2.95. The van der Waals surface area contributed by atoms with Crippen LogP contribution in [-0.4, -0.2) is 20.6 Å². The van der Waals surface area contributed by atoms with Crippen LogP contribution in [0.4, 0.5) is 0 Å². The summed E-state index contributed by atoms with van der Waals surface area (Å²) in [5.41, 5.74) is 0. The SMILES string of the molecule is O=C(O)[C@@H]1CCCC[C@H]1n1ccnc1. The fourth-order valence-electron chi connectivity index (χ4n) is 2.22. The molecule has 4 nitrogen and oxygen atoms in total. The van der Waals surface area contributed by atoms with Crippen molar-refractivity contribution in [1.82, 2.24) is 9.55 Å². The molecule has 1 aromatic rings. The third-order valence-corrected chi connectivity index (χ3v) is 2.95. The van der Waals surface area contributed by atoms with Gasteiger partial charge in [-0.15, -0.1) is 0 Å². The van der Waals surface area contributed by atoms with Crippen molar-refractivity contribution in [1.29, 1.82) is 0 Å². The van der Waals surface area contributed by atoms with E-state index in [4.69, 9.17) is 5.11 Å². The van der Waals surface area contributed by atoms with Crippen LogP contribution in [0, 0.1) is 5.92 Å². The molecule has 14 heavy (non-hydrogen) atoms. The number of carbonyl (C=O) groups is 1. The molecule has 1 heterocycles. The molecular formula is C10H14N2O2. The van der Waals surface area contributed by atoms with Crippen LogP contribution in [-0.2, 0) is 4.79 Å². The van der Waals surface area contributed by atoms with Crippen LogP contribution in [0.1, 0.15) is 31.7 Å². The monoisotopic (exact) mass is 194 g/mol. The van der Waals surface area contributed by atoms with Gasteiger partial charge >= 0.3 is 5.97 Å². The van der Waals surface area contributed by atoms with Crippen LogP contribution >= 0.6 is 0 Å². The number of hydrogen-bond donors (Lipinski definition) is 1. The second-order valence-electron chi connectivity index (χ2n) is 3.81. The first kappa shape index (κ1) is 9.24. The molecule has 1 fully saturated rings. The van der Waals surface area contributed by atoms with Gasteiger partial charge in [-0.25, -0.2) is 4.98 Å². The summed E-state index contributed by atoms with van der Waals surface area (Å²) in [4.78, 5) is 15.0. The van der Waals surface area contributed by atoms with E-state index in [-0.39, 0.29) is 12.0 Å². The van der Waals surface area contributed by atoms with E-state index in [1.54, 1.807) is 12.5 Å². The largest absolute Gasteiger partial charge is 0.481 e. The molecule has 1 aliphatic rings. The van der Waals surface area contributed by atoms with Crippen LogP contribution in [0.5, 0.6) is 0 Å². The average molecular weight is 194 g/mol. The van der Waals surface area contributed by atoms with Crippen molar-refractivity contribution in [2.45, 2.75) is 31.7 Å². The number of imidazole rings is 1. The molecule has 0 unspecified atom stereocenters. The lowest BCUT2D eigenvalue weighted by molar-refractivity contribution is -0.144. The molecule has 2 atom stereocenters. The number of rotatable bonds is 2. The zero-order valence-electron chi connectivity index (χ0n) is 7.97. The number of aromatic nitrogens is 2. The summed E-state index contributed by atoms with van der Waals surface area (Å²) in [5.74, 6) is -0.915. The van der Waals surface area contributed by atoms with Gasteiger partial charge in [-0.3, -0.25) is 4.79 Å². The van der Waals surface area contributed by atoms with Gasteiger partial charge in [0.05, 0.1) is 12.2 Å². The highest BCUT2D eigenvalue weighted by molar-refractivity contribution is 5.70. The Morgan fingerprint density at radius 2 is 2.21 bits per heavy atom. The van der Waals surface area contributed by atoms with Crippen molar-refractivity contribution in [3.05, 3.63) is 18.7 Å². The predicted molar refractivity (Wildman–Crippen MR) is 50.9 cm³/mol. The molecule has 76 valence electrons. The van der Waals surface area contributed by atoms with Gasteiger partial charge < -0.3 is 9.67 Å². The summed E-state index contributed by atoms with van der Waals surface area (Å²) in [5, 5.41) is 9.07. The van der Waals surface area contributed by atoms with Gasteiger partial charge in [-0.05, 0) is 12.8 Å². The van der Waals surface area contributed by atoms with Crippen LogP contribution in [0.15, 0.2) is 18.7 Å². The van der Waals surface area contributed by atoms with Crippen LogP contribution in [0.2, 0.25) is 0 Å². The number of hydrogen-bond acceptors (Lipinski definition) is 2. The zero-order chi connectivity index (χ0) is 9.97. The van der Waals surface area contributed by atoms with Crippen LogP contribution in [0.3, 0.4) is 0 Å². The van der Waals surface area contributed by atoms with Gasteiger partial charge in [0.1, 0.15) is 0 Å². The van der Waals surface area contributed by atoms with Gasteiger partial charge in [-0.1, -0.05) is 12.8 Å². The maximum absolute atomic E-state index is 11.0. The highest BCUT2D eigenvalue weighted by Gasteiger charge is 2.31. The summed E-state index contributed by atoms with van der Waals surface area (Å²) in [6.07, 6.45) is 9.16. The van der Waals surface area contributed by atoms with Crippen LogP contribution in [0.25, 0.3) is 0 Å². The average Bonchev–Trinajstić information content (AvgIpc) is 2.70. The first-order valence-corrected chi connectivity index (χ1v) is 4.99. The van der Waals surface area contributed by atoms with E-state index in [1.807, 2.05) is 10.8 Å². The Balaban J connectivity index is 2.18. The molecule has 0 saturated heterocycles. The second-order valence-corrected chi connectivity index (χ2v) is 3.81. The molecule has 1 N–H and O–H groups in total. The van der Waals surface area contributed by atoms with Crippen molar-refractivity contribution in [3.63, 3.8) is 0 Å². The van der Waals surface area contributed by atoms with Crippen molar-refractivity contribution in [2.24, 2.45) is 5.92 Å². The first-order chi connectivity index (χ1) is 6.79. The lowest BCUT2D eigenvalue weighted by atomic mass is 9.84. The van der Waals surface area contributed by atoms with E-state index in [0.717, 1.165) is 25.7 Å². The molecule has 4 heteroatoms. The number of nitrogens with zero attached hydrogens (tertiary/aromatic N) is 2. The minimum Gasteiger partial charge on any atom is -0.481 e. The predicted octanol–water partition coefficient (Wildman–Crippen LogP) is 1.70. The lowest BCUT2D eigenvalue weighted by Crippen LogP contribution is -2.28. The number of carboxylic acid groups (broad SMARTS) is 1. The summed E-state index contributed by atoms with van der Waals surface area (Å²) in [6.45, 7) is 0. The van der Waals surface area contributed by atoms with E-state index >= 15 is 0 Å². The molecule has 0 spiro atoms. The van der Waals surface area contributed by atoms with E-state index in [1.165, 1.54) is 0 Å². The third kappa shape index (κ3) is 1.64. The standard InChI is InChI=1S/C10H14N2O2/c13-10(14)8-3-1-2-4-9(8)12-6-5-11-7-12/h5-9H,1-4H2,(H,13,14)/t8-,9-/m1/s1. The van der Waals surface area contributed by atoms with Crippen molar-refractivity contribution >= 4 is 5.97 Å². The Labute approximate surface area is 82.6 Å². The van der Waals surface area contributed by atoms with Gasteiger partial charge in [0.25, 0.3) is 0 Å². The van der Waals surface area contributed by atoms with Gasteiger partial charge in [0, 0.05) is 18.4 Å². The van der Waals surface area contributed by atoms with Crippen molar-refractivity contribution in [3.8, 4) is 0 Å². The Morgan fingerprint density at radius 3 is 2.86 bits per heavy atom. The maximum Gasteiger partial charge on any atom is 0.308 e. The first-order valence-electron chi connectivity index (χ1n) is 4.99. The van der Waals surface area contributed by atoms with E-state index in [0.29, 0.717) is 0 Å². The Hall–Kier alpha value is -1.32. The minimum atomic E-state index is -0.677. The molecule has 1 aliphatic carbocycles. The summed E-state index contributed by atoms with van der Waals surface area (Å²) in [6, 6.07) is 0.101. The Bertz CT molecular complexity index is 308. The number of aliphatic carboxylic acids is 1. The number of carboxylic acids is 1. The molecule has 0 radical (unpaired) electrons. The Kier molecular flexibility index (Phi) is 2.52. The highest BCUT2D eigenvalue weighted by atomic mass is 16.4. The van der Waals surface area contributed by atoms with Crippen LogP contribution < -0.4 is 0 Å². The normalized spacial score (nSPS) is 27.4. The molecule has 1 saturated carbocycles. The van der Waals surface area contributed by atoms with E-state index in [9.17, 15) is 4.79 Å². The smallest absolute Gasteiger partial charge is 0.308 e. The fourth-order valence-corrected chi connectivity index (χ4v) is 2.22. The minimum absolute atomic E-state index is 0.101. The zero-order valence-corrected chi connectivity index (χ0v) is 7.97. The second kappa shape index (κ2) is 3.82. The lowest BCUT2D eigenvalue weighted by Gasteiger charge is -2.29. The van der Waals surface area contributed by atoms with Gasteiger partial charge in [0.15, 0.2) is 0 Å². The summed E-state index contributed by atoms with van der Waals surface area (Å²) in [7, 11) is 0. The molecule has 2 rings (SSSR count). The van der Waals surface area contributed by atoms with E-state index < -0.39 is 5.97 Å². The summed E-state index contributed by atoms with van der Waals surface area (Å²) >= 11 is 0. The molecule has 1 aromatic heterocycles. The Morgan fingerprint density at radius 1 is 1.43 bits per heavy atom. The molecule has 0 aromatic carbocycles. The van der Waals surface area contributed by atoms with E-state index in [2.05, 4.69) is 4.98 Å². The van der Waals surface area contributed by atoms with Crippen molar-refractivity contribution in [2.75, 3.05) is 0 Å². The highest BCUT2D eigenvalue weighted by Crippen LogP contribution is 2.33. The van der Waals surface area contributed by atoms with Crippen molar-refractivity contribution < 1.29 is 9.90 Å². The fraction of sp³-hybridized carbons (Fsp3) is 0.600. The summed E-state index contributed by atoms with van der Waals surface area (Å²) < 4.78 is 1.93. The maximum atomic E-state index is 11.0. The topological polar surface area (TPSA) is 55.1 Å². The molecular weight excluding hydrogens is 180 g/mol.